The van der Waals surface area contributed by atoms with Gasteiger partial charge in [0.25, 0.3) is 0 Å². The van der Waals surface area contributed by atoms with Gasteiger partial charge in [-0.05, 0) is 24.3 Å². The molecule has 0 saturated carbocycles. The van der Waals surface area contributed by atoms with Gasteiger partial charge in [-0.2, -0.15) is 8.78 Å². The van der Waals surface area contributed by atoms with Crippen LogP contribution in [0.1, 0.15) is 19.0 Å². The first-order valence-electron chi connectivity index (χ1n) is 5.69. The molecule has 0 fully saturated rings. The van der Waals surface area contributed by atoms with E-state index in [0.29, 0.717) is 10.7 Å². The second-order valence-corrected chi connectivity index (χ2v) is 4.35. The maximum absolute atomic E-state index is 12.9. The minimum atomic E-state index is -3.13. The third-order valence-electron chi connectivity index (χ3n) is 2.47. The fourth-order valence-corrected chi connectivity index (χ4v) is 1.49. The smallest absolute Gasteiger partial charge is 0.314 e. The summed E-state index contributed by atoms with van der Waals surface area (Å²) >= 11 is 5.77. The molecule has 0 aliphatic heterocycles. The molecule has 19 heavy (non-hydrogen) atoms. The molecule has 0 spiro atoms. The van der Waals surface area contributed by atoms with Crippen LogP contribution in [0.5, 0.6) is 0 Å². The predicted molar refractivity (Wildman–Crippen MR) is 66.4 cm³/mol. The zero-order valence-electron chi connectivity index (χ0n) is 10.2. The lowest BCUT2D eigenvalue weighted by atomic mass is 10.3. The van der Waals surface area contributed by atoms with Crippen LogP contribution in [-0.2, 0) is 11.3 Å². The Balaban J connectivity index is 2.05. The van der Waals surface area contributed by atoms with Crippen molar-refractivity contribution in [1.82, 2.24) is 15.0 Å². The number of benzene rings is 1. The van der Waals surface area contributed by atoms with Crippen LogP contribution in [0.15, 0.2) is 30.5 Å². The highest BCUT2D eigenvalue weighted by Gasteiger charge is 2.27. The summed E-state index contributed by atoms with van der Waals surface area (Å²) in [6.45, 7) is 1.07. The minimum Gasteiger partial charge on any atom is -0.314 e. The van der Waals surface area contributed by atoms with Crippen molar-refractivity contribution in [2.45, 2.75) is 26.1 Å². The Kier molecular flexibility index (Phi) is 4.11. The first-order chi connectivity index (χ1) is 9.00. The second-order valence-electron chi connectivity index (χ2n) is 3.91. The Bertz CT molecular complexity index is 542. The van der Waals surface area contributed by atoms with Crippen LogP contribution >= 0.6 is 11.6 Å². The first-order valence-corrected chi connectivity index (χ1v) is 6.07. The fraction of sp³-hybridized carbons (Fsp3) is 0.333. The van der Waals surface area contributed by atoms with Crippen molar-refractivity contribution in [3.05, 3.63) is 41.2 Å². The van der Waals surface area contributed by atoms with E-state index >= 15 is 0 Å². The van der Waals surface area contributed by atoms with Crippen LogP contribution in [0, 0.1) is 0 Å². The summed E-state index contributed by atoms with van der Waals surface area (Å²) in [6, 6.07) is 6.92. The molecule has 4 nitrogen and oxygen atoms in total. The maximum Gasteiger partial charge on any atom is 0.355 e. The summed E-state index contributed by atoms with van der Waals surface area (Å²) in [7, 11) is 0. The molecule has 0 unspecified atom stereocenters. The lowest BCUT2D eigenvalue weighted by Gasteiger charge is -2.12. The molecule has 0 atom stereocenters. The van der Waals surface area contributed by atoms with Crippen molar-refractivity contribution in [2.75, 3.05) is 0 Å². The molecule has 102 valence electrons. The van der Waals surface area contributed by atoms with E-state index < -0.39 is 6.11 Å². The molecule has 0 radical (unpaired) electrons. The molecule has 0 aliphatic carbocycles. The molecule has 0 saturated heterocycles. The molecule has 2 rings (SSSR count). The Hall–Kier alpha value is -1.53. The molecule has 0 amide bonds. The standard InChI is InChI=1S/C12H12ClF2N3O/c1-2-12(14,15)19-8-10-7-18(17-16-10)11-5-3-9(13)4-6-11/h3-7H,2,8H2,1H3. The van der Waals surface area contributed by atoms with Crippen molar-refractivity contribution in [3.8, 4) is 5.69 Å². The van der Waals surface area contributed by atoms with E-state index in [9.17, 15) is 8.78 Å². The van der Waals surface area contributed by atoms with E-state index in [1.165, 1.54) is 17.8 Å². The number of ether oxygens (including phenoxy) is 1. The van der Waals surface area contributed by atoms with E-state index in [-0.39, 0.29) is 13.0 Å². The van der Waals surface area contributed by atoms with Gasteiger partial charge in [0, 0.05) is 11.4 Å². The third kappa shape index (κ3) is 3.71. The number of rotatable bonds is 5. The molecule has 7 heteroatoms. The van der Waals surface area contributed by atoms with Crippen molar-refractivity contribution in [2.24, 2.45) is 0 Å². The van der Waals surface area contributed by atoms with E-state index in [1.54, 1.807) is 24.3 Å². The van der Waals surface area contributed by atoms with E-state index in [4.69, 9.17) is 11.6 Å². The van der Waals surface area contributed by atoms with Gasteiger partial charge in [-0.1, -0.05) is 23.7 Å². The Morgan fingerprint density at radius 3 is 2.63 bits per heavy atom. The molecule has 1 heterocycles. The molecule has 1 aromatic carbocycles. The zero-order chi connectivity index (χ0) is 13.9. The van der Waals surface area contributed by atoms with Crippen LogP contribution in [0.2, 0.25) is 5.02 Å². The first kappa shape index (κ1) is 13.9. The van der Waals surface area contributed by atoms with E-state index in [0.717, 1.165) is 5.69 Å². The summed E-state index contributed by atoms with van der Waals surface area (Å²) in [5.74, 6) is 0. The van der Waals surface area contributed by atoms with Crippen LogP contribution in [0.3, 0.4) is 0 Å². The van der Waals surface area contributed by atoms with Gasteiger partial charge < -0.3 is 4.74 Å². The highest BCUT2D eigenvalue weighted by Crippen LogP contribution is 2.21. The number of hydrogen-bond donors (Lipinski definition) is 0. The molecule has 0 N–H and O–H groups in total. The molecule has 1 aromatic heterocycles. The van der Waals surface area contributed by atoms with Gasteiger partial charge in [-0.25, -0.2) is 4.68 Å². The number of aromatic nitrogens is 3. The quantitative estimate of drug-likeness (QED) is 0.846. The van der Waals surface area contributed by atoms with Gasteiger partial charge in [0.1, 0.15) is 5.69 Å². The lowest BCUT2D eigenvalue weighted by molar-refractivity contribution is -0.247. The largest absolute Gasteiger partial charge is 0.355 e. The van der Waals surface area contributed by atoms with Gasteiger partial charge in [0.05, 0.1) is 18.5 Å². The van der Waals surface area contributed by atoms with E-state index in [1.807, 2.05) is 0 Å². The Morgan fingerprint density at radius 1 is 1.32 bits per heavy atom. The summed E-state index contributed by atoms with van der Waals surface area (Å²) < 4.78 is 31.8. The monoisotopic (exact) mass is 287 g/mol. The highest BCUT2D eigenvalue weighted by molar-refractivity contribution is 6.30. The second kappa shape index (κ2) is 5.63. The highest BCUT2D eigenvalue weighted by atomic mass is 35.5. The van der Waals surface area contributed by atoms with Gasteiger partial charge in [0.15, 0.2) is 0 Å². The van der Waals surface area contributed by atoms with Crippen LogP contribution in [-0.4, -0.2) is 21.1 Å². The third-order valence-corrected chi connectivity index (χ3v) is 2.73. The minimum absolute atomic E-state index is 0.283. The molecule has 0 bridgehead atoms. The van der Waals surface area contributed by atoms with Gasteiger partial charge in [0.2, 0.25) is 0 Å². The van der Waals surface area contributed by atoms with Crippen LogP contribution < -0.4 is 0 Å². The van der Waals surface area contributed by atoms with Gasteiger partial charge >= 0.3 is 6.11 Å². The molecular weight excluding hydrogens is 276 g/mol. The summed E-state index contributed by atoms with van der Waals surface area (Å²) in [5.41, 5.74) is 1.08. The van der Waals surface area contributed by atoms with Crippen molar-refractivity contribution in [1.29, 1.82) is 0 Å². The van der Waals surface area contributed by atoms with Crippen molar-refractivity contribution >= 4 is 11.6 Å². The Morgan fingerprint density at radius 2 is 2.00 bits per heavy atom. The zero-order valence-corrected chi connectivity index (χ0v) is 10.9. The lowest BCUT2D eigenvalue weighted by Crippen LogP contribution is -2.19. The van der Waals surface area contributed by atoms with Crippen molar-refractivity contribution < 1.29 is 13.5 Å². The molecule has 2 aromatic rings. The number of nitrogens with zero attached hydrogens (tertiary/aromatic N) is 3. The summed E-state index contributed by atoms with van der Waals surface area (Å²) in [5, 5.41) is 8.22. The number of alkyl halides is 2. The fourth-order valence-electron chi connectivity index (χ4n) is 1.37. The maximum atomic E-state index is 12.9. The number of halogens is 3. The van der Waals surface area contributed by atoms with Gasteiger partial charge in [-0.3, -0.25) is 0 Å². The summed E-state index contributed by atoms with van der Waals surface area (Å²) in [6.07, 6.45) is -1.97. The average molecular weight is 288 g/mol. The summed E-state index contributed by atoms with van der Waals surface area (Å²) in [4.78, 5) is 0. The Labute approximate surface area is 113 Å². The SMILES string of the molecule is CCC(F)(F)OCc1cn(-c2ccc(Cl)cc2)nn1. The molecule has 0 aliphatic rings. The van der Waals surface area contributed by atoms with Crippen LogP contribution in [0.25, 0.3) is 5.69 Å². The van der Waals surface area contributed by atoms with Gasteiger partial charge in [-0.15, -0.1) is 5.10 Å². The van der Waals surface area contributed by atoms with Crippen molar-refractivity contribution in [3.63, 3.8) is 0 Å². The predicted octanol–water partition coefficient (Wildman–Crippen LogP) is 3.44. The normalized spacial score (nSPS) is 11.8. The molecular formula is C12H12ClF2N3O. The topological polar surface area (TPSA) is 39.9 Å². The average Bonchev–Trinajstić information content (AvgIpc) is 2.86. The number of hydrogen-bond acceptors (Lipinski definition) is 3. The van der Waals surface area contributed by atoms with Crippen LogP contribution in [0.4, 0.5) is 8.78 Å². The van der Waals surface area contributed by atoms with E-state index in [2.05, 4.69) is 15.0 Å².